The third kappa shape index (κ3) is 7.22. The van der Waals surface area contributed by atoms with Crippen LogP contribution in [0.25, 0.3) is 0 Å². The highest BCUT2D eigenvalue weighted by Gasteiger charge is 2.37. The Morgan fingerprint density at radius 3 is 2.24 bits per heavy atom. The van der Waals surface area contributed by atoms with Gasteiger partial charge in [0.15, 0.2) is 0 Å². The van der Waals surface area contributed by atoms with Gasteiger partial charge in [-0.25, -0.2) is 4.79 Å². The number of hydrogen-bond acceptors (Lipinski definition) is 5. The summed E-state index contributed by atoms with van der Waals surface area (Å²) < 4.78 is 11.4. The van der Waals surface area contributed by atoms with E-state index in [9.17, 15) is 9.59 Å². The average Bonchev–Trinajstić information content (AvgIpc) is 2.82. The molecule has 0 aliphatic carbocycles. The van der Waals surface area contributed by atoms with E-state index < -0.39 is 17.6 Å². The van der Waals surface area contributed by atoms with Crippen LogP contribution in [0, 0.1) is 5.41 Å². The van der Waals surface area contributed by atoms with Crippen LogP contribution in [0.1, 0.15) is 44.7 Å². The van der Waals surface area contributed by atoms with Gasteiger partial charge in [-0.15, -0.1) is 0 Å². The summed E-state index contributed by atoms with van der Waals surface area (Å²) in [7, 11) is 0. The highest BCUT2D eigenvalue weighted by Crippen LogP contribution is 2.25. The fourth-order valence-corrected chi connectivity index (χ4v) is 3.77. The zero-order valence-electron chi connectivity index (χ0n) is 19.6. The van der Waals surface area contributed by atoms with Crippen molar-refractivity contribution in [1.29, 1.82) is 0 Å². The van der Waals surface area contributed by atoms with Crippen molar-refractivity contribution in [2.24, 2.45) is 5.41 Å². The number of aliphatic hydroxyl groups excluding tert-OH is 1. The largest absolute Gasteiger partial charge is 0.490 e. The van der Waals surface area contributed by atoms with Gasteiger partial charge in [0.25, 0.3) is 0 Å². The van der Waals surface area contributed by atoms with Crippen LogP contribution in [0.5, 0.6) is 5.75 Å². The van der Waals surface area contributed by atoms with Crippen molar-refractivity contribution >= 4 is 12.0 Å². The number of aliphatic hydroxyl groups is 1. The molecule has 7 heteroatoms. The lowest BCUT2D eigenvalue weighted by Crippen LogP contribution is -2.56. The molecule has 1 fully saturated rings. The predicted octanol–water partition coefficient (Wildman–Crippen LogP) is 3.89. The smallest absolute Gasteiger partial charge is 0.408 e. The van der Waals surface area contributed by atoms with E-state index in [0.29, 0.717) is 25.9 Å². The van der Waals surface area contributed by atoms with Gasteiger partial charge in [-0.05, 0) is 28.7 Å². The molecule has 2 aromatic rings. The predicted molar refractivity (Wildman–Crippen MR) is 126 cm³/mol. The molecule has 1 aliphatic heterocycles. The minimum absolute atomic E-state index is 0.00353. The number of piperidine rings is 1. The highest BCUT2D eigenvalue weighted by molar-refractivity contribution is 5.86. The number of amides is 2. The number of alkyl carbamates (subject to hydrolysis) is 1. The van der Waals surface area contributed by atoms with Crippen LogP contribution in [0.4, 0.5) is 4.79 Å². The van der Waals surface area contributed by atoms with E-state index in [0.717, 1.165) is 16.9 Å². The Kier molecular flexibility index (Phi) is 8.33. The van der Waals surface area contributed by atoms with Crippen LogP contribution < -0.4 is 10.1 Å². The van der Waals surface area contributed by atoms with Crippen LogP contribution in [0.2, 0.25) is 0 Å². The molecule has 1 heterocycles. The Balaban J connectivity index is 1.52. The lowest BCUT2D eigenvalue weighted by molar-refractivity contribution is -0.137. The number of nitrogens with zero attached hydrogens (tertiary/aromatic N) is 1. The van der Waals surface area contributed by atoms with E-state index in [1.165, 1.54) is 0 Å². The Morgan fingerprint density at radius 2 is 1.67 bits per heavy atom. The summed E-state index contributed by atoms with van der Waals surface area (Å²) in [5.41, 5.74) is 1.26. The summed E-state index contributed by atoms with van der Waals surface area (Å²) in [5.74, 6) is 0.650. The van der Waals surface area contributed by atoms with E-state index in [1.54, 1.807) is 4.90 Å². The second-order valence-electron chi connectivity index (χ2n) is 9.45. The first-order chi connectivity index (χ1) is 15.8. The minimum Gasteiger partial charge on any atom is -0.490 e. The quantitative estimate of drug-likeness (QED) is 0.663. The molecule has 2 aromatic carbocycles. The Morgan fingerprint density at radius 1 is 1.03 bits per heavy atom. The first-order valence-corrected chi connectivity index (χ1v) is 11.4. The molecule has 3 rings (SSSR count). The van der Waals surface area contributed by atoms with Crippen LogP contribution in [0.15, 0.2) is 54.6 Å². The van der Waals surface area contributed by atoms with Gasteiger partial charge in [0.2, 0.25) is 5.91 Å². The fraction of sp³-hybridized carbons (Fsp3) is 0.462. The Hall–Kier alpha value is -3.06. The van der Waals surface area contributed by atoms with Gasteiger partial charge in [0.05, 0.1) is 6.61 Å². The van der Waals surface area contributed by atoms with Crippen molar-refractivity contribution in [3.63, 3.8) is 0 Å². The maximum atomic E-state index is 13.3. The maximum Gasteiger partial charge on any atom is 0.408 e. The molecule has 0 radical (unpaired) electrons. The number of nitrogens with one attached hydrogen (secondary N) is 1. The number of carbonyl (C=O) groups excluding carboxylic acids is 2. The van der Waals surface area contributed by atoms with Crippen LogP contribution in [0.3, 0.4) is 0 Å². The summed E-state index contributed by atoms with van der Waals surface area (Å²) in [6.07, 6.45) is 0.841. The normalized spacial score (nSPS) is 15.6. The first kappa shape index (κ1) is 24.6. The van der Waals surface area contributed by atoms with Gasteiger partial charge in [-0.2, -0.15) is 0 Å². The van der Waals surface area contributed by atoms with Gasteiger partial charge >= 0.3 is 6.09 Å². The summed E-state index contributed by atoms with van der Waals surface area (Å²) in [4.78, 5) is 27.5. The Labute approximate surface area is 195 Å². The zero-order chi connectivity index (χ0) is 23.8. The summed E-state index contributed by atoms with van der Waals surface area (Å²) in [6, 6.07) is 16.1. The number of ether oxygens (including phenoxy) is 2. The molecular formula is C26H34N2O5. The molecule has 1 aliphatic rings. The van der Waals surface area contributed by atoms with Crippen LogP contribution in [-0.4, -0.2) is 47.2 Å². The van der Waals surface area contributed by atoms with E-state index in [1.807, 2.05) is 75.4 Å². The van der Waals surface area contributed by atoms with Gasteiger partial charge in [-0.1, -0.05) is 63.2 Å². The fourth-order valence-electron chi connectivity index (χ4n) is 3.77. The van der Waals surface area contributed by atoms with Crippen molar-refractivity contribution < 1.29 is 24.2 Å². The first-order valence-electron chi connectivity index (χ1n) is 11.4. The number of likely N-dealkylation sites (tertiary alicyclic amines) is 1. The Bertz CT molecular complexity index is 901. The molecule has 2 amide bonds. The zero-order valence-corrected chi connectivity index (χ0v) is 19.6. The maximum absolute atomic E-state index is 13.3. The standard InChI is InChI=1S/C26H34N2O5/c1-26(2,3)23(27-25(31)32-18-20-7-5-4-6-8-20)24(30)28-15-13-22(14-16-28)33-21-11-9-19(17-29)10-12-21/h4-12,22-23,29H,13-18H2,1-3H3,(H,27,31)/t23-/m1/s1. The number of rotatable bonds is 7. The summed E-state index contributed by atoms with van der Waals surface area (Å²) in [5, 5.41) is 11.9. The molecule has 0 unspecified atom stereocenters. The van der Waals surface area contributed by atoms with Crippen molar-refractivity contribution in [1.82, 2.24) is 10.2 Å². The summed E-state index contributed by atoms with van der Waals surface area (Å²) in [6.45, 7) is 7.07. The molecule has 1 saturated heterocycles. The van der Waals surface area contributed by atoms with Gasteiger partial charge in [-0.3, -0.25) is 4.79 Å². The molecular weight excluding hydrogens is 420 g/mol. The van der Waals surface area contributed by atoms with Crippen molar-refractivity contribution in [2.75, 3.05) is 13.1 Å². The van der Waals surface area contributed by atoms with Crippen LogP contribution >= 0.6 is 0 Å². The molecule has 178 valence electrons. The lowest BCUT2D eigenvalue weighted by atomic mass is 9.85. The average molecular weight is 455 g/mol. The molecule has 1 atom stereocenters. The van der Waals surface area contributed by atoms with Gasteiger partial charge in [0.1, 0.15) is 24.5 Å². The number of hydrogen-bond donors (Lipinski definition) is 2. The molecule has 0 saturated carbocycles. The number of carbonyl (C=O) groups is 2. The lowest BCUT2D eigenvalue weighted by Gasteiger charge is -2.38. The molecule has 2 N–H and O–H groups in total. The van der Waals surface area contributed by atoms with E-state index in [2.05, 4.69) is 5.32 Å². The third-order valence-electron chi connectivity index (χ3n) is 5.75. The third-order valence-corrected chi connectivity index (χ3v) is 5.75. The SMILES string of the molecule is CC(C)(C)[C@H](NC(=O)OCc1ccccc1)C(=O)N1CCC(Oc2ccc(CO)cc2)CC1. The van der Waals surface area contributed by atoms with Crippen molar-refractivity contribution in [3.8, 4) is 5.75 Å². The van der Waals surface area contributed by atoms with E-state index in [4.69, 9.17) is 14.6 Å². The topological polar surface area (TPSA) is 88.1 Å². The molecule has 33 heavy (non-hydrogen) atoms. The monoisotopic (exact) mass is 454 g/mol. The van der Waals surface area contributed by atoms with Gasteiger partial charge < -0.3 is 24.8 Å². The molecule has 7 nitrogen and oxygen atoms in total. The van der Waals surface area contributed by atoms with E-state index in [-0.39, 0.29) is 25.2 Å². The van der Waals surface area contributed by atoms with Crippen molar-refractivity contribution in [3.05, 3.63) is 65.7 Å². The van der Waals surface area contributed by atoms with Crippen LogP contribution in [-0.2, 0) is 22.7 Å². The second-order valence-corrected chi connectivity index (χ2v) is 9.45. The molecule has 0 aromatic heterocycles. The second kappa shape index (κ2) is 11.2. The van der Waals surface area contributed by atoms with Crippen molar-refractivity contribution in [2.45, 2.75) is 59.0 Å². The summed E-state index contributed by atoms with van der Waals surface area (Å²) >= 11 is 0. The minimum atomic E-state index is -0.690. The molecule has 0 bridgehead atoms. The van der Waals surface area contributed by atoms with Gasteiger partial charge in [0, 0.05) is 25.9 Å². The highest BCUT2D eigenvalue weighted by atomic mass is 16.5. The molecule has 0 spiro atoms. The number of benzene rings is 2. The van der Waals surface area contributed by atoms with E-state index >= 15 is 0 Å².